The monoisotopic (exact) mass is 150 g/mol. The first-order valence-corrected chi connectivity index (χ1v) is 3.76. The Hall–Kier alpha value is -1.05. The zero-order valence-electron chi connectivity index (χ0n) is 7.28. The van der Waals surface area contributed by atoms with E-state index in [1.54, 1.807) is 12.4 Å². The van der Waals surface area contributed by atoms with E-state index in [1.807, 2.05) is 18.5 Å². The molecule has 0 atom stereocenters. The molecule has 1 aliphatic rings. The summed E-state index contributed by atoms with van der Waals surface area (Å²) in [5, 5.41) is 0. The summed E-state index contributed by atoms with van der Waals surface area (Å²) in [6, 6.07) is 0. The Kier molecular flexibility index (Phi) is 2.13. The fourth-order valence-electron chi connectivity index (χ4n) is 0.838. The molecular formula is C9H14N2. The number of nitrogens with zero attached hydrogens (tertiary/aromatic N) is 2. The van der Waals surface area contributed by atoms with Crippen molar-refractivity contribution in [2.24, 2.45) is 4.99 Å². The van der Waals surface area contributed by atoms with Crippen molar-refractivity contribution in [2.75, 3.05) is 0 Å². The molecule has 0 N–H and O–H groups in total. The van der Waals surface area contributed by atoms with Gasteiger partial charge in [0.1, 0.15) is 0 Å². The minimum atomic E-state index is 0.140. The molecule has 11 heavy (non-hydrogen) atoms. The second-order valence-corrected chi connectivity index (χ2v) is 3.52. The fraction of sp³-hybridized carbons (Fsp3) is 0.444. The van der Waals surface area contributed by atoms with Gasteiger partial charge in [-0.15, -0.1) is 0 Å². The first-order chi connectivity index (χ1) is 5.11. The van der Waals surface area contributed by atoms with Crippen LogP contribution in [0.25, 0.3) is 0 Å². The predicted molar refractivity (Wildman–Crippen MR) is 48.4 cm³/mol. The van der Waals surface area contributed by atoms with E-state index in [0.29, 0.717) is 0 Å². The Morgan fingerprint density at radius 2 is 1.91 bits per heavy atom. The van der Waals surface area contributed by atoms with Crippen molar-refractivity contribution < 1.29 is 0 Å². The first-order valence-electron chi connectivity index (χ1n) is 3.76. The highest BCUT2D eigenvalue weighted by molar-refractivity contribution is 5.71. The van der Waals surface area contributed by atoms with Crippen molar-refractivity contribution in [1.82, 2.24) is 4.90 Å². The van der Waals surface area contributed by atoms with Crippen LogP contribution in [0, 0.1) is 0 Å². The Bertz CT molecular complexity index is 190. The maximum atomic E-state index is 4.00. The van der Waals surface area contributed by atoms with Gasteiger partial charge in [-0.25, -0.2) is 0 Å². The van der Waals surface area contributed by atoms with Crippen molar-refractivity contribution in [3.05, 3.63) is 24.7 Å². The summed E-state index contributed by atoms with van der Waals surface area (Å²) in [7, 11) is 0. The van der Waals surface area contributed by atoms with E-state index in [9.17, 15) is 0 Å². The Labute approximate surface area is 67.9 Å². The molecular weight excluding hydrogens is 136 g/mol. The summed E-state index contributed by atoms with van der Waals surface area (Å²) < 4.78 is 0. The van der Waals surface area contributed by atoms with Crippen LogP contribution in [0.1, 0.15) is 20.8 Å². The molecule has 60 valence electrons. The van der Waals surface area contributed by atoms with Crippen LogP contribution < -0.4 is 0 Å². The normalized spacial score (nSPS) is 17.2. The van der Waals surface area contributed by atoms with Gasteiger partial charge in [-0.3, -0.25) is 4.99 Å². The lowest BCUT2D eigenvalue weighted by Crippen LogP contribution is -2.32. The van der Waals surface area contributed by atoms with Gasteiger partial charge in [0.2, 0.25) is 0 Å². The van der Waals surface area contributed by atoms with Crippen molar-refractivity contribution in [3.63, 3.8) is 0 Å². The zero-order chi connectivity index (χ0) is 8.32. The maximum absolute atomic E-state index is 4.00. The second-order valence-electron chi connectivity index (χ2n) is 3.52. The molecule has 0 unspecified atom stereocenters. The quantitative estimate of drug-likeness (QED) is 0.516. The molecule has 0 amide bonds. The van der Waals surface area contributed by atoms with Crippen molar-refractivity contribution in [1.29, 1.82) is 0 Å². The summed E-state index contributed by atoms with van der Waals surface area (Å²) in [5.41, 5.74) is 0.140. The maximum Gasteiger partial charge on any atom is 0.0430 e. The van der Waals surface area contributed by atoms with Crippen molar-refractivity contribution in [2.45, 2.75) is 26.3 Å². The second kappa shape index (κ2) is 2.91. The number of hydrogen-bond donors (Lipinski definition) is 0. The summed E-state index contributed by atoms with van der Waals surface area (Å²) >= 11 is 0. The smallest absolute Gasteiger partial charge is 0.0430 e. The number of rotatable bonds is 0. The van der Waals surface area contributed by atoms with Crippen LogP contribution in [0.5, 0.6) is 0 Å². The van der Waals surface area contributed by atoms with Crippen LogP contribution in [-0.2, 0) is 0 Å². The minimum Gasteiger partial charge on any atom is -0.348 e. The average molecular weight is 150 g/mol. The van der Waals surface area contributed by atoms with E-state index < -0.39 is 0 Å². The standard InChI is InChI=1S/C9H14N2/c1-9(2,3)11-7-4-5-10-6-8-11/h4-8H,1-3H3. The molecule has 2 heteroatoms. The summed E-state index contributed by atoms with van der Waals surface area (Å²) in [4.78, 5) is 6.13. The average Bonchev–Trinajstić information content (AvgIpc) is 2.10. The summed E-state index contributed by atoms with van der Waals surface area (Å²) in [6.07, 6.45) is 9.51. The molecule has 0 spiro atoms. The zero-order valence-corrected chi connectivity index (χ0v) is 7.28. The molecule has 0 aromatic rings. The largest absolute Gasteiger partial charge is 0.348 e. The van der Waals surface area contributed by atoms with Gasteiger partial charge in [0.05, 0.1) is 0 Å². The molecule has 0 aromatic heterocycles. The van der Waals surface area contributed by atoms with Gasteiger partial charge in [-0.05, 0) is 26.8 Å². The van der Waals surface area contributed by atoms with Gasteiger partial charge in [-0.2, -0.15) is 0 Å². The highest BCUT2D eigenvalue weighted by Crippen LogP contribution is 2.14. The predicted octanol–water partition coefficient (Wildman–Crippen LogP) is 2.16. The highest BCUT2D eigenvalue weighted by atomic mass is 15.2. The van der Waals surface area contributed by atoms with Crippen LogP contribution in [0.15, 0.2) is 29.7 Å². The lowest BCUT2D eigenvalue weighted by Gasteiger charge is -2.30. The van der Waals surface area contributed by atoms with Gasteiger partial charge in [0.25, 0.3) is 0 Å². The summed E-state index contributed by atoms with van der Waals surface area (Å²) in [5.74, 6) is 0. The van der Waals surface area contributed by atoms with E-state index in [0.717, 1.165) is 0 Å². The van der Waals surface area contributed by atoms with E-state index in [2.05, 4.69) is 30.7 Å². The van der Waals surface area contributed by atoms with E-state index in [1.165, 1.54) is 0 Å². The van der Waals surface area contributed by atoms with E-state index >= 15 is 0 Å². The molecule has 0 fully saturated rings. The van der Waals surface area contributed by atoms with E-state index in [4.69, 9.17) is 0 Å². The third-order valence-corrected chi connectivity index (χ3v) is 1.51. The molecule has 0 radical (unpaired) electrons. The highest BCUT2D eigenvalue weighted by Gasteiger charge is 2.15. The van der Waals surface area contributed by atoms with Crippen LogP contribution in [-0.4, -0.2) is 16.7 Å². The molecule has 1 rings (SSSR count). The van der Waals surface area contributed by atoms with Crippen LogP contribution >= 0.6 is 0 Å². The van der Waals surface area contributed by atoms with Gasteiger partial charge in [0.15, 0.2) is 0 Å². The number of hydrogen-bond acceptors (Lipinski definition) is 2. The van der Waals surface area contributed by atoms with Crippen molar-refractivity contribution >= 4 is 6.21 Å². The summed E-state index contributed by atoms with van der Waals surface area (Å²) in [6.45, 7) is 6.48. The van der Waals surface area contributed by atoms with Crippen LogP contribution in [0.3, 0.4) is 0 Å². The third kappa shape index (κ3) is 2.22. The molecule has 0 bridgehead atoms. The van der Waals surface area contributed by atoms with Gasteiger partial charge in [-0.1, -0.05) is 0 Å². The van der Waals surface area contributed by atoms with Gasteiger partial charge in [0, 0.05) is 30.4 Å². The lowest BCUT2D eigenvalue weighted by molar-refractivity contribution is 0.281. The molecule has 0 saturated carbocycles. The molecule has 0 aliphatic carbocycles. The van der Waals surface area contributed by atoms with Gasteiger partial charge >= 0.3 is 0 Å². The molecule has 0 saturated heterocycles. The Morgan fingerprint density at radius 1 is 1.18 bits per heavy atom. The molecule has 2 nitrogen and oxygen atoms in total. The van der Waals surface area contributed by atoms with E-state index in [-0.39, 0.29) is 5.54 Å². The number of allylic oxidation sites excluding steroid dienone is 1. The number of aliphatic imine (C=N–C) groups is 1. The Balaban J connectivity index is 2.75. The van der Waals surface area contributed by atoms with Gasteiger partial charge < -0.3 is 4.90 Å². The Morgan fingerprint density at radius 3 is 2.55 bits per heavy atom. The SMILES string of the molecule is CC(C)(C)N1C=CC=NC=C1. The third-order valence-electron chi connectivity index (χ3n) is 1.51. The molecule has 1 heterocycles. The van der Waals surface area contributed by atoms with Crippen LogP contribution in [0.2, 0.25) is 0 Å². The topological polar surface area (TPSA) is 15.6 Å². The lowest BCUT2D eigenvalue weighted by atomic mass is 10.1. The first kappa shape index (κ1) is 8.05. The van der Waals surface area contributed by atoms with Crippen LogP contribution in [0.4, 0.5) is 0 Å². The molecule has 1 aliphatic heterocycles. The molecule has 0 aromatic carbocycles. The van der Waals surface area contributed by atoms with Crippen molar-refractivity contribution in [3.8, 4) is 0 Å². The fourth-order valence-corrected chi connectivity index (χ4v) is 0.838. The minimum absolute atomic E-state index is 0.140.